The molecule has 1 amide bonds. The van der Waals surface area contributed by atoms with Crippen LogP contribution < -0.4 is 10.0 Å². The van der Waals surface area contributed by atoms with Crippen molar-refractivity contribution >= 4 is 50.2 Å². The summed E-state index contributed by atoms with van der Waals surface area (Å²) in [6.07, 6.45) is 3.34. The molecule has 0 saturated heterocycles. The molecule has 1 saturated carbocycles. The van der Waals surface area contributed by atoms with Crippen LogP contribution in [-0.2, 0) is 32.3 Å². The first-order valence-corrected chi connectivity index (χ1v) is 13.5. The second-order valence-electron chi connectivity index (χ2n) is 7.74. The largest absolute Gasteiger partial charge is 0.338 e. The molecule has 3 rings (SSSR count). The minimum Gasteiger partial charge on any atom is -0.338 e. The van der Waals surface area contributed by atoms with Crippen LogP contribution in [0, 0.1) is 5.92 Å². The summed E-state index contributed by atoms with van der Waals surface area (Å²) < 4.78 is 49.9. The Balaban J connectivity index is 1.84. The highest BCUT2D eigenvalue weighted by Gasteiger charge is 2.32. The summed E-state index contributed by atoms with van der Waals surface area (Å²) >= 11 is 9.70. The minimum atomic E-state index is -4.22. The van der Waals surface area contributed by atoms with Crippen molar-refractivity contribution < 1.29 is 22.0 Å². The summed E-state index contributed by atoms with van der Waals surface area (Å²) in [5, 5.41) is 1.71. The molecule has 3 N–H and O–H groups in total. The maximum atomic E-state index is 13.1. The van der Waals surface area contributed by atoms with E-state index in [1.54, 1.807) is 30.3 Å². The quantitative estimate of drug-likeness (QED) is 0.414. The lowest BCUT2D eigenvalue weighted by Gasteiger charge is -2.29. The van der Waals surface area contributed by atoms with Gasteiger partial charge in [0.15, 0.2) is 11.1 Å². The predicted molar refractivity (Wildman–Crippen MR) is 125 cm³/mol. The van der Waals surface area contributed by atoms with Gasteiger partial charge in [0.1, 0.15) is 16.3 Å². The first-order valence-electron chi connectivity index (χ1n) is 10.1. The molecule has 0 heterocycles. The second kappa shape index (κ2) is 11.1. The fraction of sp³-hybridized carbons (Fsp3) is 0.381. The normalized spacial score (nSPS) is 17.2. The zero-order valence-electron chi connectivity index (χ0n) is 17.0. The van der Waals surface area contributed by atoms with Gasteiger partial charge in [-0.1, -0.05) is 72.8 Å². The van der Waals surface area contributed by atoms with Crippen molar-refractivity contribution in [2.45, 2.75) is 48.4 Å². The van der Waals surface area contributed by atoms with Crippen LogP contribution in [0.5, 0.6) is 0 Å². The molecule has 0 radical (unpaired) electrons. The third kappa shape index (κ3) is 6.76. The van der Waals surface area contributed by atoms with Crippen LogP contribution in [0.1, 0.15) is 31.2 Å². The molecular weight excluding hydrogens is 495 g/mol. The lowest BCUT2D eigenvalue weighted by atomic mass is 9.83. The Hall–Kier alpha value is -1.49. The molecule has 1 aliphatic carbocycles. The number of carbonyl (C=O) groups excluding carboxylic acids is 1. The van der Waals surface area contributed by atoms with Crippen molar-refractivity contribution in [1.29, 1.82) is 0 Å². The van der Waals surface area contributed by atoms with Crippen LogP contribution in [0.2, 0.25) is 10.0 Å². The Kier molecular flexibility index (Phi) is 8.71. The molecule has 0 aromatic heterocycles. The van der Waals surface area contributed by atoms with Gasteiger partial charge in [-0.2, -0.15) is 4.72 Å². The standard InChI is InChI=1S/C21H24Cl2N2O5S2/c22-16-9-10-17(23)19(13-16)32(29,30)25-18(11-14-5-2-1-3-6-14)21(26)24-20(31(27)28)12-15-7-4-8-15/h1-3,5-6,9-10,13,15,18,20,25H,4,7-8,11-12H2,(H,24,26)(H,27,28)/t18-,20+/m0/s1. The van der Waals surface area contributed by atoms with Gasteiger partial charge in [-0.3, -0.25) is 4.79 Å². The van der Waals surface area contributed by atoms with Crippen molar-refractivity contribution in [3.8, 4) is 0 Å². The molecule has 2 aromatic rings. The fourth-order valence-electron chi connectivity index (χ4n) is 3.45. The third-order valence-electron chi connectivity index (χ3n) is 5.40. The van der Waals surface area contributed by atoms with Crippen LogP contribution in [0.4, 0.5) is 0 Å². The van der Waals surface area contributed by atoms with Gasteiger partial charge in [0, 0.05) is 5.02 Å². The minimum absolute atomic E-state index is 0.0400. The van der Waals surface area contributed by atoms with Crippen LogP contribution in [0.15, 0.2) is 53.4 Å². The average Bonchev–Trinajstić information content (AvgIpc) is 2.71. The van der Waals surface area contributed by atoms with Gasteiger partial charge in [-0.15, -0.1) is 0 Å². The number of amides is 1. The van der Waals surface area contributed by atoms with Gasteiger partial charge in [-0.05, 0) is 42.5 Å². The first kappa shape index (κ1) is 25.1. The lowest BCUT2D eigenvalue weighted by molar-refractivity contribution is -0.123. The van der Waals surface area contributed by atoms with Crippen LogP contribution >= 0.6 is 23.2 Å². The van der Waals surface area contributed by atoms with Crippen molar-refractivity contribution in [2.75, 3.05) is 0 Å². The number of sulfonamides is 1. The summed E-state index contributed by atoms with van der Waals surface area (Å²) in [5.74, 6) is -0.423. The van der Waals surface area contributed by atoms with E-state index in [2.05, 4.69) is 10.0 Å². The number of halogens is 2. The molecule has 1 aliphatic rings. The second-order valence-corrected chi connectivity index (χ2v) is 11.4. The highest BCUT2D eigenvalue weighted by molar-refractivity contribution is 7.89. The summed E-state index contributed by atoms with van der Waals surface area (Å²) in [5.41, 5.74) is 0.716. The highest BCUT2D eigenvalue weighted by atomic mass is 35.5. The van der Waals surface area contributed by atoms with E-state index in [0.29, 0.717) is 12.0 Å². The average molecular weight is 519 g/mol. The summed E-state index contributed by atoms with van der Waals surface area (Å²) in [6.45, 7) is 0. The Labute approximate surface area is 200 Å². The highest BCUT2D eigenvalue weighted by Crippen LogP contribution is 2.31. The van der Waals surface area contributed by atoms with Crippen molar-refractivity contribution in [1.82, 2.24) is 10.0 Å². The van der Waals surface area contributed by atoms with E-state index in [0.717, 1.165) is 19.3 Å². The monoisotopic (exact) mass is 518 g/mol. The number of hydrogen-bond acceptors (Lipinski definition) is 4. The van der Waals surface area contributed by atoms with E-state index in [9.17, 15) is 22.0 Å². The SMILES string of the molecule is O=C(N[C@@H](CC1CCC1)S(=O)O)[C@H](Cc1ccccc1)NS(=O)(=O)c1cc(Cl)ccc1Cl. The van der Waals surface area contributed by atoms with Gasteiger partial charge in [-0.25, -0.2) is 12.6 Å². The van der Waals surface area contributed by atoms with E-state index in [1.165, 1.54) is 18.2 Å². The van der Waals surface area contributed by atoms with Crippen LogP contribution in [0.3, 0.4) is 0 Å². The van der Waals surface area contributed by atoms with Gasteiger partial charge < -0.3 is 9.87 Å². The molecule has 7 nitrogen and oxygen atoms in total. The first-order chi connectivity index (χ1) is 15.2. The van der Waals surface area contributed by atoms with Gasteiger partial charge in [0.2, 0.25) is 15.9 Å². The Morgan fingerprint density at radius 1 is 1.16 bits per heavy atom. The predicted octanol–water partition coefficient (Wildman–Crippen LogP) is 3.74. The third-order valence-corrected chi connectivity index (χ3v) is 8.38. The van der Waals surface area contributed by atoms with Gasteiger partial charge in [0.25, 0.3) is 0 Å². The van der Waals surface area contributed by atoms with Crippen molar-refractivity contribution in [3.63, 3.8) is 0 Å². The van der Waals surface area contributed by atoms with E-state index in [1.807, 2.05) is 0 Å². The summed E-state index contributed by atoms with van der Waals surface area (Å²) in [4.78, 5) is 12.8. The molecular formula is C21H24Cl2N2O5S2. The molecule has 3 atom stereocenters. The number of rotatable bonds is 10. The van der Waals surface area contributed by atoms with Gasteiger partial charge in [0.05, 0.1) is 5.02 Å². The number of carbonyl (C=O) groups is 1. The molecule has 1 unspecified atom stereocenters. The molecule has 11 heteroatoms. The summed E-state index contributed by atoms with van der Waals surface area (Å²) in [6, 6.07) is 11.7. The van der Waals surface area contributed by atoms with E-state index in [4.69, 9.17) is 23.2 Å². The molecule has 0 aliphatic heterocycles. The lowest BCUT2D eigenvalue weighted by Crippen LogP contribution is -2.52. The van der Waals surface area contributed by atoms with Crippen molar-refractivity contribution in [3.05, 3.63) is 64.1 Å². The Morgan fingerprint density at radius 2 is 1.84 bits per heavy atom. The van der Waals surface area contributed by atoms with E-state index in [-0.39, 0.29) is 27.3 Å². The molecule has 0 bridgehead atoms. The zero-order chi connectivity index (χ0) is 23.3. The molecule has 0 spiro atoms. The Bertz CT molecular complexity index is 1080. The molecule has 174 valence electrons. The van der Waals surface area contributed by atoms with E-state index < -0.39 is 38.4 Å². The number of nitrogens with one attached hydrogen (secondary N) is 2. The van der Waals surface area contributed by atoms with Crippen molar-refractivity contribution in [2.24, 2.45) is 5.92 Å². The molecule has 2 aromatic carbocycles. The smallest absolute Gasteiger partial charge is 0.242 e. The molecule has 32 heavy (non-hydrogen) atoms. The maximum absolute atomic E-state index is 13.1. The Morgan fingerprint density at radius 3 is 2.44 bits per heavy atom. The fourth-order valence-corrected chi connectivity index (χ4v) is 6.07. The van der Waals surface area contributed by atoms with E-state index >= 15 is 0 Å². The maximum Gasteiger partial charge on any atom is 0.242 e. The summed E-state index contributed by atoms with van der Waals surface area (Å²) in [7, 11) is -4.22. The molecule has 1 fully saturated rings. The number of benzene rings is 2. The van der Waals surface area contributed by atoms with Crippen LogP contribution in [-0.4, -0.2) is 34.5 Å². The van der Waals surface area contributed by atoms with Crippen LogP contribution in [0.25, 0.3) is 0 Å². The number of hydrogen-bond donors (Lipinski definition) is 3. The zero-order valence-corrected chi connectivity index (χ0v) is 20.2. The topological polar surface area (TPSA) is 113 Å². The van der Waals surface area contributed by atoms with Gasteiger partial charge >= 0.3 is 0 Å².